The van der Waals surface area contributed by atoms with Gasteiger partial charge in [-0.1, -0.05) is 12.1 Å². The van der Waals surface area contributed by atoms with Gasteiger partial charge in [-0.15, -0.1) is 0 Å². The molecule has 0 bridgehead atoms. The number of benzene rings is 1. The van der Waals surface area contributed by atoms with Gasteiger partial charge in [0.05, 0.1) is 25.9 Å². The van der Waals surface area contributed by atoms with Crippen molar-refractivity contribution in [3.63, 3.8) is 0 Å². The van der Waals surface area contributed by atoms with Gasteiger partial charge in [-0.05, 0) is 12.1 Å². The summed E-state index contributed by atoms with van der Waals surface area (Å²) < 4.78 is 10.6. The first kappa shape index (κ1) is 18.5. The molecule has 0 aliphatic carbocycles. The summed E-state index contributed by atoms with van der Waals surface area (Å²) in [5.74, 6) is 1.26. The molecule has 1 amide bonds. The van der Waals surface area contributed by atoms with E-state index in [1.807, 2.05) is 29.2 Å². The van der Waals surface area contributed by atoms with Crippen molar-refractivity contribution >= 4 is 17.5 Å². The van der Waals surface area contributed by atoms with Crippen molar-refractivity contribution in [1.29, 1.82) is 0 Å². The Labute approximate surface area is 164 Å². The monoisotopic (exact) mass is 383 g/mol. The average Bonchev–Trinajstić information content (AvgIpc) is 2.79. The second-order valence-corrected chi connectivity index (χ2v) is 6.79. The maximum Gasteiger partial charge on any atom is 0.256 e. The predicted molar refractivity (Wildman–Crippen MR) is 106 cm³/mol. The molecule has 2 fully saturated rings. The molecule has 1 aromatic heterocycles. The number of anilines is 2. The lowest BCUT2D eigenvalue weighted by molar-refractivity contribution is 0.0745. The molecule has 8 heteroatoms. The van der Waals surface area contributed by atoms with Crippen LogP contribution < -0.4 is 14.5 Å². The molecule has 2 aliphatic heterocycles. The first-order chi connectivity index (χ1) is 13.8. The molecule has 2 aromatic rings. The van der Waals surface area contributed by atoms with E-state index in [2.05, 4.69) is 19.8 Å². The molecule has 0 N–H and O–H groups in total. The van der Waals surface area contributed by atoms with Crippen molar-refractivity contribution in [2.24, 2.45) is 0 Å². The summed E-state index contributed by atoms with van der Waals surface area (Å²) >= 11 is 0. The number of hydrogen-bond donors (Lipinski definition) is 0. The number of carbonyl (C=O) groups excluding carboxylic acids is 1. The highest BCUT2D eigenvalue weighted by atomic mass is 16.5. The molecule has 28 heavy (non-hydrogen) atoms. The topological polar surface area (TPSA) is 71.0 Å². The van der Waals surface area contributed by atoms with E-state index < -0.39 is 0 Å². The number of nitrogens with zero attached hydrogens (tertiary/aromatic N) is 5. The highest BCUT2D eigenvalue weighted by Crippen LogP contribution is 2.24. The SMILES string of the molecule is COc1ccnc(N2CCN(C(=O)c3ccccc3N3CCOCC3)CC2)n1. The second-order valence-electron chi connectivity index (χ2n) is 6.79. The lowest BCUT2D eigenvalue weighted by Crippen LogP contribution is -2.49. The second kappa shape index (κ2) is 8.43. The average molecular weight is 383 g/mol. The molecular weight excluding hydrogens is 358 g/mol. The Morgan fingerprint density at radius 1 is 1.00 bits per heavy atom. The molecule has 2 aliphatic rings. The third-order valence-corrected chi connectivity index (χ3v) is 5.16. The lowest BCUT2D eigenvalue weighted by Gasteiger charge is -2.36. The van der Waals surface area contributed by atoms with Crippen LogP contribution in [0.25, 0.3) is 0 Å². The van der Waals surface area contributed by atoms with Crippen LogP contribution >= 0.6 is 0 Å². The van der Waals surface area contributed by atoms with Crippen LogP contribution in [0.4, 0.5) is 11.6 Å². The van der Waals surface area contributed by atoms with Gasteiger partial charge in [-0.2, -0.15) is 4.98 Å². The summed E-state index contributed by atoms with van der Waals surface area (Å²) in [5, 5.41) is 0. The molecule has 0 atom stereocenters. The number of amides is 1. The zero-order valence-electron chi connectivity index (χ0n) is 16.1. The first-order valence-electron chi connectivity index (χ1n) is 9.59. The fourth-order valence-electron chi connectivity index (χ4n) is 3.61. The molecule has 0 saturated carbocycles. The maximum absolute atomic E-state index is 13.2. The van der Waals surface area contributed by atoms with E-state index in [1.54, 1.807) is 19.4 Å². The van der Waals surface area contributed by atoms with E-state index in [1.165, 1.54) is 0 Å². The third-order valence-electron chi connectivity index (χ3n) is 5.16. The zero-order valence-corrected chi connectivity index (χ0v) is 16.1. The first-order valence-corrected chi connectivity index (χ1v) is 9.59. The van der Waals surface area contributed by atoms with Crippen molar-refractivity contribution in [3.05, 3.63) is 42.1 Å². The molecule has 2 saturated heterocycles. The highest BCUT2D eigenvalue weighted by Gasteiger charge is 2.26. The van der Waals surface area contributed by atoms with Gasteiger partial charge < -0.3 is 24.2 Å². The minimum absolute atomic E-state index is 0.0771. The molecule has 0 spiro atoms. The predicted octanol–water partition coefficient (Wildman–Crippen LogP) is 1.28. The Morgan fingerprint density at radius 2 is 1.75 bits per heavy atom. The van der Waals surface area contributed by atoms with E-state index in [0.717, 1.165) is 24.3 Å². The smallest absolute Gasteiger partial charge is 0.256 e. The van der Waals surface area contributed by atoms with E-state index in [0.29, 0.717) is 51.2 Å². The fraction of sp³-hybridized carbons (Fsp3) is 0.450. The molecule has 4 rings (SSSR count). The number of piperazine rings is 1. The van der Waals surface area contributed by atoms with Crippen molar-refractivity contribution < 1.29 is 14.3 Å². The van der Waals surface area contributed by atoms with Gasteiger partial charge >= 0.3 is 0 Å². The summed E-state index contributed by atoms with van der Waals surface area (Å²) in [6, 6.07) is 9.59. The molecule has 8 nitrogen and oxygen atoms in total. The van der Waals surface area contributed by atoms with Crippen molar-refractivity contribution in [2.75, 3.05) is 69.4 Å². The molecular formula is C20H25N5O3. The summed E-state index contributed by atoms with van der Waals surface area (Å²) in [5.41, 5.74) is 1.75. The minimum Gasteiger partial charge on any atom is -0.481 e. The Bertz CT molecular complexity index is 817. The molecule has 0 unspecified atom stereocenters. The van der Waals surface area contributed by atoms with E-state index >= 15 is 0 Å². The number of aromatic nitrogens is 2. The third kappa shape index (κ3) is 3.87. The van der Waals surface area contributed by atoms with Crippen molar-refractivity contribution in [2.45, 2.75) is 0 Å². The number of hydrogen-bond acceptors (Lipinski definition) is 7. The van der Waals surface area contributed by atoms with Gasteiger partial charge in [0.25, 0.3) is 5.91 Å². The van der Waals surface area contributed by atoms with Crippen LogP contribution in [0.15, 0.2) is 36.5 Å². The van der Waals surface area contributed by atoms with Crippen LogP contribution in [0.1, 0.15) is 10.4 Å². The quantitative estimate of drug-likeness (QED) is 0.788. The van der Waals surface area contributed by atoms with Gasteiger partial charge in [0, 0.05) is 57.2 Å². The summed E-state index contributed by atoms with van der Waals surface area (Å²) in [7, 11) is 1.59. The van der Waals surface area contributed by atoms with E-state index in [4.69, 9.17) is 9.47 Å². The van der Waals surface area contributed by atoms with Gasteiger partial charge in [-0.25, -0.2) is 4.98 Å². The van der Waals surface area contributed by atoms with Crippen LogP contribution in [0.2, 0.25) is 0 Å². The summed E-state index contributed by atoms with van der Waals surface area (Å²) in [4.78, 5) is 28.2. The van der Waals surface area contributed by atoms with Crippen LogP contribution in [-0.4, -0.2) is 80.4 Å². The van der Waals surface area contributed by atoms with Crippen LogP contribution in [0, 0.1) is 0 Å². The van der Waals surface area contributed by atoms with Gasteiger partial charge in [-0.3, -0.25) is 4.79 Å². The Morgan fingerprint density at radius 3 is 2.50 bits per heavy atom. The Hall–Kier alpha value is -2.87. The van der Waals surface area contributed by atoms with E-state index in [-0.39, 0.29) is 5.91 Å². The molecule has 0 radical (unpaired) electrons. The number of carbonyl (C=O) groups is 1. The van der Waals surface area contributed by atoms with Crippen molar-refractivity contribution in [1.82, 2.24) is 14.9 Å². The number of rotatable bonds is 4. The Kier molecular flexibility index (Phi) is 5.57. The normalized spacial score (nSPS) is 17.5. The van der Waals surface area contributed by atoms with Crippen molar-refractivity contribution in [3.8, 4) is 5.88 Å². The fourth-order valence-corrected chi connectivity index (χ4v) is 3.61. The molecule has 148 valence electrons. The van der Waals surface area contributed by atoms with Gasteiger partial charge in [0.1, 0.15) is 0 Å². The highest BCUT2D eigenvalue weighted by molar-refractivity contribution is 6.00. The zero-order chi connectivity index (χ0) is 19.3. The number of methoxy groups -OCH3 is 1. The van der Waals surface area contributed by atoms with Crippen LogP contribution in [0.3, 0.4) is 0 Å². The largest absolute Gasteiger partial charge is 0.481 e. The van der Waals surface area contributed by atoms with Gasteiger partial charge in [0.15, 0.2) is 0 Å². The summed E-state index contributed by atoms with van der Waals surface area (Å²) in [6.45, 7) is 5.67. The maximum atomic E-state index is 13.2. The minimum atomic E-state index is 0.0771. The van der Waals surface area contributed by atoms with Crippen LogP contribution in [-0.2, 0) is 4.74 Å². The summed E-state index contributed by atoms with van der Waals surface area (Å²) in [6.07, 6.45) is 1.69. The lowest BCUT2D eigenvalue weighted by atomic mass is 10.1. The molecule has 3 heterocycles. The van der Waals surface area contributed by atoms with Gasteiger partial charge in [0.2, 0.25) is 11.8 Å². The standard InChI is InChI=1S/C20H25N5O3/c1-27-18-6-7-21-20(22-18)25-10-8-24(9-11-25)19(26)16-4-2-3-5-17(16)23-12-14-28-15-13-23/h2-7H,8-15H2,1H3. The number of ether oxygens (including phenoxy) is 2. The number of para-hydroxylation sites is 1. The number of morpholine rings is 1. The molecule has 1 aromatic carbocycles. The van der Waals surface area contributed by atoms with Crippen LogP contribution in [0.5, 0.6) is 5.88 Å². The van der Waals surface area contributed by atoms with E-state index in [9.17, 15) is 4.79 Å². The Balaban J connectivity index is 1.44.